The normalized spacial score (nSPS) is 15.8. The summed E-state index contributed by atoms with van der Waals surface area (Å²) in [5.41, 5.74) is 0.888. The number of nitrogens with one attached hydrogen (secondary N) is 3. The van der Waals surface area contributed by atoms with Gasteiger partial charge in [0, 0.05) is 34.5 Å². The minimum absolute atomic E-state index is 0.0166. The van der Waals surface area contributed by atoms with Crippen molar-refractivity contribution in [3.8, 4) is 11.4 Å². The second kappa shape index (κ2) is 13.2. The first-order chi connectivity index (χ1) is 21.2. The van der Waals surface area contributed by atoms with Gasteiger partial charge in [-0.25, -0.2) is 0 Å². The van der Waals surface area contributed by atoms with Crippen LogP contribution < -0.4 is 10.6 Å². The highest BCUT2D eigenvalue weighted by atomic mass is 16.6. The monoisotopic (exact) mass is 600 g/mol. The van der Waals surface area contributed by atoms with E-state index in [2.05, 4.69) is 31.3 Å². The molecule has 1 aliphatic heterocycles. The van der Waals surface area contributed by atoms with Crippen molar-refractivity contribution in [2.75, 3.05) is 18.7 Å². The molecule has 0 unspecified atom stereocenters. The molecular weight excluding hydrogens is 572 g/mol. The second-order valence-electron chi connectivity index (χ2n) is 10.2. The molecule has 3 aromatic carbocycles. The predicted molar refractivity (Wildman–Crippen MR) is 155 cm³/mol. The molecule has 3 amide bonds. The average molecular weight is 601 g/mol. The maximum absolute atomic E-state index is 13.5. The number of nitrogens with zero attached hydrogens (tertiary/aromatic N) is 5. The van der Waals surface area contributed by atoms with Gasteiger partial charge in [0.2, 0.25) is 5.82 Å². The fraction of sp³-hybridized carbons (Fsp3) is 0.241. The number of amides is 3. The summed E-state index contributed by atoms with van der Waals surface area (Å²) < 4.78 is 5.31. The quantitative estimate of drug-likeness (QED) is 0.154. The van der Waals surface area contributed by atoms with Crippen LogP contribution in [0.2, 0.25) is 0 Å². The first-order valence-corrected chi connectivity index (χ1v) is 13.6. The molecule has 4 aromatic rings. The van der Waals surface area contributed by atoms with Crippen LogP contribution in [-0.2, 0) is 16.0 Å². The minimum Gasteiger partial charge on any atom is -0.381 e. The van der Waals surface area contributed by atoms with Gasteiger partial charge in [0.05, 0.1) is 23.6 Å². The molecule has 15 nitrogen and oxygen atoms in total. The number of rotatable bonds is 10. The largest absolute Gasteiger partial charge is 0.381 e. The van der Waals surface area contributed by atoms with Crippen molar-refractivity contribution < 1.29 is 29.2 Å². The maximum Gasteiger partial charge on any atom is 0.271 e. The first-order valence-electron chi connectivity index (χ1n) is 13.6. The van der Waals surface area contributed by atoms with Crippen molar-refractivity contribution in [3.63, 3.8) is 0 Å². The Morgan fingerprint density at radius 2 is 1.89 bits per heavy atom. The number of H-pyrrole nitrogens is 1. The fourth-order valence-corrected chi connectivity index (χ4v) is 4.71. The van der Waals surface area contributed by atoms with Crippen LogP contribution in [0.15, 0.2) is 72.8 Å². The minimum atomic E-state index is -1.74. The highest BCUT2D eigenvalue weighted by Crippen LogP contribution is 2.22. The Labute approximate surface area is 250 Å². The van der Waals surface area contributed by atoms with Crippen LogP contribution in [0.4, 0.5) is 11.4 Å². The van der Waals surface area contributed by atoms with Gasteiger partial charge in [0.25, 0.3) is 23.4 Å². The van der Waals surface area contributed by atoms with Crippen molar-refractivity contribution in [1.82, 2.24) is 30.8 Å². The molecule has 0 aliphatic carbocycles. The van der Waals surface area contributed by atoms with Crippen LogP contribution in [0.25, 0.3) is 11.4 Å². The van der Waals surface area contributed by atoms with E-state index in [1.54, 1.807) is 61.5 Å². The summed E-state index contributed by atoms with van der Waals surface area (Å²) >= 11 is 0. The molecule has 5 rings (SSSR count). The van der Waals surface area contributed by atoms with E-state index in [1.807, 2.05) is 0 Å². The molecule has 44 heavy (non-hydrogen) atoms. The van der Waals surface area contributed by atoms with E-state index in [0.29, 0.717) is 29.2 Å². The lowest BCUT2D eigenvalue weighted by atomic mass is 9.99. The van der Waals surface area contributed by atoms with Crippen molar-refractivity contribution in [1.29, 1.82) is 0 Å². The van der Waals surface area contributed by atoms with Crippen molar-refractivity contribution >= 4 is 29.1 Å². The molecule has 0 radical (unpaired) electrons. The number of anilines is 1. The summed E-state index contributed by atoms with van der Waals surface area (Å²) in [6.07, 6.45) is -1.69. The summed E-state index contributed by atoms with van der Waals surface area (Å²) in [7, 11) is 0. The van der Waals surface area contributed by atoms with E-state index in [0.717, 1.165) is 12.1 Å². The van der Waals surface area contributed by atoms with Crippen LogP contribution >= 0.6 is 0 Å². The predicted octanol–water partition coefficient (Wildman–Crippen LogP) is 1.93. The Kier molecular flexibility index (Phi) is 8.97. The SMILES string of the molecule is C[C@H]1COCN1C(=O)c1cc(C(=O)N[C@@H](Cc2ccccc2)[C@H](O)C(=O)Nc2cccc(-c3nn[nH]n3)c2)cc([N+](=O)[O-])c1. The molecular formula is C29H28N8O7. The van der Waals surface area contributed by atoms with Crippen molar-refractivity contribution in [2.24, 2.45) is 0 Å². The molecule has 226 valence electrons. The van der Waals surface area contributed by atoms with Crippen molar-refractivity contribution in [3.05, 3.63) is 99.6 Å². The average Bonchev–Trinajstić information content (AvgIpc) is 3.73. The lowest BCUT2D eigenvalue weighted by Crippen LogP contribution is -2.50. The number of aromatic amines is 1. The number of hydrogen-bond acceptors (Lipinski definition) is 10. The molecule has 1 saturated heterocycles. The summed E-state index contributed by atoms with van der Waals surface area (Å²) in [5, 5.41) is 41.8. The summed E-state index contributed by atoms with van der Waals surface area (Å²) in [6, 6.07) is 17.4. The number of aliphatic hydroxyl groups is 1. The molecule has 1 aliphatic rings. The van der Waals surface area contributed by atoms with E-state index < -0.39 is 40.5 Å². The lowest BCUT2D eigenvalue weighted by Gasteiger charge is -2.24. The highest BCUT2D eigenvalue weighted by molar-refractivity contribution is 6.01. The van der Waals surface area contributed by atoms with Gasteiger partial charge in [-0.15, -0.1) is 10.2 Å². The number of tetrazole rings is 1. The number of benzene rings is 3. The zero-order chi connectivity index (χ0) is 31.2. The highest BCUT2D eigenvalue weighted by Gasteiger charge is 2.31. The van der Waals surface area contributed by atoms with Gasteiger partial charge >= 0.3 is 0 Å². The fourth-order valence-electron chi connectivity index (χ4n) is 4.71. The van der Waals surface area contributed by atoms with Gasteiger partial charge in [-0.1, -0.05) is 42.5 Å². The smallest absolute Gasteiger partial charge is 0.271 e. The molecule has 3 atom stereocenters. The molecule has 1 fully saturated rings. The van der Waals surface area contributed by atoms with E-state index in [9.17, 15) is 29.6 Å². The Hall–Kier alpha value is -5.54. The van der Waals surface area contributed by atoms with Crippen molar-refractivity contribution in [2.45, 2.75) is 31.5 Å². The summed E-state index contributed by atoms with van der Waals surface area (Å²) in [6.45, 7) is 2.11. The van der Waals surface area contributed by atoms with E-state index in [-0.39, 0.29) is 30.3 Å². The molecule has 15 heteroatoms. The number of nitro benzene ring substituents is 1. The maximum atomic E-state index is 13.5. The van der Waals surface area contributed by atoms with Gasteiger partial charge in [0.15, 0.2) is 6.10 Å². The standard InChI is InChI=1S/C29H28N8O7/c1-17-15-44-16-36(17)29(41)21-11-20(13-23(14-21)37(42)43)27(39)31-24(10-18-6-3-2-4-7-18)25(38)28(40)30-22-9-5-8-19(12-22)26-32-34-35-33-26/h2-9,11-14,17,24-25,38H,10,15-16H2,1H3,(H,30,40)(H,31,39)(H,32,33,34,35)/t17-,24-,25-/m0/s1. The van der Waals surface area contributed by atoms with Gasteiger partial charge in [-0.2, -0.15) is 5.21 Å². The van der Waals surface area contributed by atoms with Gasteiger partial charge in [0.1, 0.15) is 6.73 Å². The van der Waals surface area contributed by atoms with Crippen LogP contribution in [0.3, 0.4) is 0 Å². The molecule has 0 saturated carbocycles. The van der Waals surface area contributed by atoms with Crippen LogP contribution in [0, 0.1) is 10.1 Å². The number of aliphatic hydroxyl groups excluding tert-OH is 1. The number of carbonyl (C=O) groups excluding carboxylic acids is 3. The number of aromatic nitrogens is 4. The number of hydrogen-bond donors (Lipinski definition) is 4. The second-order valence-corrected chi connectivity index (χ2v) is 10.2. The summed E-state index contributed by atoms with van der Waals surface area (Å²) in [5.74, 6) is -1.86. The Balaban J connectivity index is 1.39. The first kappa shape index (κ1) is 29.9. The van der Waals surface area contributed by atoms with Gasteiger partial charge < -0.3 is 25.4 Å². The van der Waals surface area contributed by atoms with Crippen LogP contribution in [0.5, 0.6) is 0 Å². The molecule has 1 aromatic heterocycles. The zero-order valence-corrected chi connectivity index (χ0v) is 23.4. The Morgan fingerprint density at radius 3 is 2.57 bits per heavy atom. The molecule has 4 N–H and O–H groups in total. The number of non-ortho nitro benzene ring substituents is 1. The third-order valence-corrected chi connectivity index (χ3v) is 7.02. The number of ether oxygens (including phenoxy) is 1. The van der Waals surface area contributed by atoms with Crippen LogP contribution in [-0.4, -0.2) is 84.8 Å². The third-order valence-electron chi connectivity index (χ3n) is 7.02. The van der Waals surface area contributed by atoms with E-state index in [1.165, 1.54) is 11.0 Å². The Morgan fingerprint density at radius 1 is 1.11 bits per heavy atom. The topological polar surface area (TPSA) is 206 Å². The van der Waals surface area contributed by atoms with Crippen LogP contribution in [0.1, 0.15) is 33.2 Å². The summed E-state index contributed by atoms with van der Waals surface area (Å²) in [4.78, 5) is 52.2. The molecule has 2 heterocycles. The van der Waals surface area contributed by atoms with E-state index >= 15 is 0 Å². The Bertz CT molecular complexity index is 1670. The molecule has 0 spiro atoms. The van der Waals surface area contributed by atoms with E-state index in [4.69, 9.17) is 4.74 Å². The molecule has 0 bridgehead atoms. The van der Waals surface area contributed by atoms with Gasteiger partial charge in [-0.3, -0.25) is 24.5 Å². The third kappa shape index (κ3) is 6.91. The number of nitro groups is 1. The van der Waals surface area contributed by atoms with Gasteiger partial charge in [-0.05, 0) is 42.3 Å². The zero-order valence-electron chi connectivity index (χ0n) is 23.4. The number of carbonyl (C=O) groups is 3. The lowest BCUT2D eigenvalue weighted by molar-refractivity contribution is -0.384.